The molecule has 0 saturated carbocycles. The first-order valence-corrected chi connectivity index (χ1v) is 10.0. The lowest BCUT2D eigenvalue weighted by Gasteiger charge is -2.30. The highest BCUT2D eigenvalue weighted by Gasteiger charge is 2.29. The van der Waals surface area contributed by atoms with Gasteiger partial charge < -0.3 is 14.8 Å². The third-order valence-electron chi connectivity index (χ3n) is 5.13. The zero-order valence-electron chi connectivity index (χ0n) is 18.7. The summed E-state index contributed by atoms with van der Waals surface area (Å²) in [7, 11) is 1.40. The minimum atomic E-state index is -1.13. The number of allylic oxidation sites excluding steroid dienone is 1. The third-order valence-corrected chi connectivity index (χ3v) is 5.13. The topological polar surface area (TPSA) is 114 Å². The van der Waals surface area contributed by atoms with Crippen LogP contribution in [0.3, 0.4) is 0 Å². The number of ether oxygens (including phenoxy) is 2. The average molecular weight is 438 g/mol. The SMILES string of the molecule is COC(C)(C)C(=O)NC(=O)Nc1ccc(OC2=CC(C)(c3ccncc3)NC=C2)c(C)n1. The van der Waals surface area contributed by atoms with Gasteiger partial charge in [-0.15, -0.1) is 0 Å². The van der Waals surface area contributed by atoms with Gasteiger partial charge >= 0.3 is 6.03 Å². The molecule has 0 bridgehead atoms. The summed E-state index contributed by atoms with van der Waals surface area (Å²) in [5.41, 5.74) is 0.0461. The lowest BCUT2D eigenvalue weighted by Crippen LogP contribution is -2.47. The Labute approximate surface area is 186 Å². The number of aryl methyl sites for hydroxylation is 1. The monoisotopic (exact) mass is 437 g/mol. The number of nitrogens with zero attached hydrogens (tertiary/aromatic N) is 2. The molecule has 1 unspecified atom stereocenters. The van der Waals surface area contributed by atoms with Crippen LogP contribution in [-0.2, 0) is 15.1 Å². The number of amides is 3. The molecule has 3 rings (SSSR count). The van der Waals surface area contributed by atoms with Crippen molar-refractivity contribution < 1.29 is 19.1 Å². The van der Waals surface area contributed by atoms with Gasteiger partial charge in [0.1, 0.15) is 22.9 Å². The maximum absolute atomic E-state index is 12.1. The van der Waals surface area contributed by atoms with E-state index in [0.29, 0.717) is 17.2 Å². The highest BCUT2D eigenvalue weighted by atomic mass is 16.5. The number of carbonyl (C=O) groups is 2. The molecule has 0 radical (unpaired) electrons. The van der Waals surface area contributed by atoms with Crippen LogP contribution in [-0.4, -0.2) is 34.6 Å². The summed E-state index contributed by atoms with van der Waals surface area (Å²) < 4.78 is 11.1. The van der Waals surface area contributed by atoms with Crippen molar-refractivity contribution in [2.75, 3.05) is 12.4 Å². The first-order chi connectivity index (χ1) is 15.1. The van der Waals surface area contributed by atoms with Crippen LogP contribution in [0, 0.1) is 6.92 Å². The van der Waals surface area contributed by atoms with Crippen LogP contribution in [0.5, 0.6) is 5.75 Å². The molecule has 2 aromatic heterocycles. The van der Waals surface area contributed by atoms with Crippen LogP contribution in [0.15, 0.2) is 60.8 Å². The van der Waals surface area contributed by atoms with E-state index in [4.69, 9.17) is 9.47 Å². The maximum Gasteiger partial charge on any atom is 0.327 e. The first kappa shape index (κ1) is 23.0. The molecule has 9 heteroatoms. The molecule has 0 spiro atoms. The predicted octanol–water partition coefficient (Wildman–Crippen LogP) is 3.15. The fraction of sp³-hybridized carbons (Fsp3) is 0.304. The second-order valence-electron chi connectivity index (χ2n) is 7.97. The van der Waals surface area contributed by atoms with E-state index in [1.54, 1.807) is 45.3 Å². The molecule has 3 amide bonds. The smallest absolute Gasteiger partial charge is 0.327 e. The molecule has 32 heavy (non-hydrogen) atoms. The number of nitrogens with one attached hydrogen (secondary N) is 3. The Hall–Kier alpha value is -3.72. The largest absolute Gasteiger partial charge is 0.456 e. The van der Waals surface area contributed by atoms with Crippen molar-refractivity contribution in [1.82, 2.24) is 20.6 Å². The molecular formula is C23H27N5O4. The van der Waals surface area contributed by atoms with Crippen molar-refractivity contribution in [3.8, 4) is 5.75 Å². The van der Waals surface area contributed by atoms with E-state index in [0.717, 1.165) is 5.56 Å². The molecule has 2 aromatic rings. The number of rotatable bonds is 6. The van der Waals surface area contributed by atoms with Crippen molar-refractivity contribution in [3.05, 3.63) is 72.0 Å². The minimum absolute atomic E-state index is 0.284. The number of carbonyl (C=O) groups excluding carboxylic acids is 2. The zero-order valence-corrected chi connectivity index (χ0v) is 18.7. The summed E-state index contributed by atoms with van der Waals surface area (Å²) >= 11 is 0. The van der Waals surface area contributed by atoms with Crippen LogP contribution < -0.4 is 20.7 Å². The second kappa shape index (κ2) is 9.19. The molecule has 168 valence electrons. The average Bonchev–Trinajstić information content (AvgIpc) is 2.76. The van der Waals surface area contributed by atoms with Gasteiger partial charge in [0.2, 0.25) is 0 Å². The van der Waals surface area contributed by atoms with E-state index in [1.165, 1.54) is 7.11 Å². The fourth-order valence-corrected chi connectivity index (χ4v) is 2.95. The normalized spacial score (nSPS) is 17.7. The molecule has 0 aromatic carbocycles. The van der Waals surface area contributed by atoms with Crippen LogP contribution in [0.1, 0.15) is 32.0 Å². The number of urea groups is 1. The first-order valence-electron chi connectivity index (χ1n) is 10.0. The van der Waals surface area contributed by atoms with Crippen molar-refractivity contribution in [2.45, 2.75) is 38.8 Å². The Morgan fingerprint density at radius 3 is 2.53 bits per heavy atom. The van der Waals surface area contributed by atoms with Gasteiger partial charge in [-0.2, -0.15) is 0 Å². The van der Waals surface area contributed by atoms with Gasteiger partial charge in [0.25, 0.3) is 5.91 Å². The molecule has 1 aliphatic rings. The molecule has 0 saturated heterocycles. The number of hydrogen-bond acceptors (Lipinski definition) is 7. The number of hydrogen-bond donors (Lipinski definition) is 3. The van der Waals surface area contributed by atoms with E-state index in [-0.39, 0.29) is 5.82 Å². The Bertz CT molecular complexity index is 1070. The summed E-state index contributed by atoms with van der Waals surface area (Å²) in [5, 5.41) is 8.10. The van der Waals surface area contributed by atoms with E-state index in [2.05, 4.69) is 25.9 Å². The number of aromatic nitrogens is 2. The summed E-state index contributed by atoms with van der Waals surface area (Å²) in [6, 6.07) is 6.49. The van der Waals surface area contributed by atoms with Crippen LogP contribution in [0.4, 0.5) is 10.6 Å². The van der Waals surface area contributed by atoms with E-state index in [1.807, 2.05) is 37.4 Å². The van der Waals surface area contributed by atoms with Crippen LogP contribution >= 0.6 is 0 Å². The minimum Gasteiger partial charge on any atom is -0.456 e. The van der Waals surface area contributed by atoms with Crippen LogP contribution in [0.25, 0.3) is 0 Å². The number of anilines is 1. The molecule has 1 aliphatic heterocycles. The second-order valence-corrected chi connectivity index (χ2v) is 7.97. The van der Waals surface area contributed by atoms with Crippen molar-refractivity contribution >= 4 is 17.8 Å². The molecule has 1 atom stereocenters. The van der Waals surface area contributed by atoms with Gasteiger partial charge in [0, 0.05) is 25.7 Å². The number of dihydropyridines is 1. The summed E-state index contributed by atoms with van der Waals surface area (Å²) in [5.74, 6) is 0.920. The zero-order chi connectivity index (χ0) is 23.4. The maximum atomic E-state index is 12.1. The van der Waals surface area contributed by atoms with E-state index < -0.39 is 23.1 Å². The molecule has 3 heterocycles. The summed E-state index contributed by atoms with van der Waals surface area (Å²) in [6.07, 6.45) is 9.12. The summed E-state index contributed by atoms with van der Waals surface area (Å²) in [4.78, 5) is 32.6. The lowest BCUT2D eigenvalue weighted by molar-refractivity contribution is -0.138. The van der Waals surface area contributed by atoms with Gasteiger partial charge in [0.05, 0.1) is 11.2 Å². The third kappa shape index (κ3) is 5.30. The fourth-order valence-electron chi connectivity index (χ4n) is 2.95. The van der Waals surface area contributed by atoms with Gasteiger partial charge in [0.15, 0.2) is 0 Å². The number of pyridine rings is 2. The predicted molar refractivity (Wildman–Crippen MR) is 120 cm³/mol. The van der Waals surface area contributed by atoms with Crippen molar-refractivity contribution in [1.29, 1.82) is 0 Å². The lowest BCUT2D eigenvalue weighted by atomic mass is 9.90. The molecule has 0 fully saturated rings. The van der Waals surface area contributed by atoms with Gasteiger partial charge in [-0.3, -0.25) is 20.4 Å². The van der Waals surface area contributed by atoms with Gasteiger partial charge in [-0.05, 0) is 69.7 Å². The Balaban J connectivity index is 1.69. The molecular weight excluding hydrogens is 410 g/mol. The molecule has 0 aliphatic carbocycles. The number of imide groups is 1. The highest BCUT2D eigenvalue weighted by molar-refractivity contribution is 6.03. The summed E-state index contributed by atoms with van der Waals surface area (Å²) in [6.45, 7) is 6.94. The van der Waals surface area contributed by atoms with Crippen LogP contribution in [0.2, 0.25) is 0 Å². The Kier molecular flexibility index (Phi) is 6.59. The quantitative estimate of drug-likeness (QED) is 0.636. The van der Waals surface area contributed by atoms with E-state index >= 15 is 0 Å². The molecule has 3 N–H and O–H groups in total. The van der Waals surface area contributed by atoms with Crippen molar-refractivity contribution in [3.63, 3.8) is 0 Å². The van der Waals surface area contributed by atoms with Gasteiger partial charge in [-0.25, -0.2) is 9.78 Å². The highest BCUT2D eigenvalue weighted by Crippen LogP contribution is 2.29. The Morgan fingerprint density at radius 1 is 1.16 bits per heavy atom. The number of methoxy groups -OCH3 is 1. The van der Waals surface area contributed by atoms with E-state index in [9.17, 15) is 9.59 Å². The Morgan fingerprint density at radius 2 is 1.88 bits per heavy atom. The van der Waals surface area contributed by atoms with Gasteiger partial charge in [-0.1, -0.05) is 0 Å². The van der Waals surface area contributed by atoms with Crippen molar-refractivity contribution in [2.24, 2.45) is 0 Å². The standard InChI is InChI=1S/C23H27N5O4/c1-15-18(6-7-19(26-15)27-21(30)28-20(29)22(2,3)31-5)32-17-10-13-25-23(4,14-17)16-8-11-24-12-9-16/h6-14,25H,1-5H3,(H2,26,27,28,29,30). The molecule has 9 nitrogen and oxygen atoms in total.